The van der Waals surface area contributed by atoms with E-state index in [-0.39, 0.29) is 11.6 Å². The number of amides is 1. The quantitative estimate of drug-likeness (QED) is 0.842. The standard InChI is InChI=1S/C15H21F3N2O/c1-10(2)8-9-19-14(21)11(3)20-13-7-5-4-6-12(13)15(16,17)18/h4-7,10-11,20H,8-9H2,1-3H3,(H,19,21). The van der Waals surface area contributed by atoms with Crippen molar-refractivity contribution in [1.82, 2.24) is 5.32 Å². The van der Waals surface area contributed by atoms with Gasteiger partial charge < -0.3 is 10.6 Å². The second kappa shape index (κ2) is 7.33. The summed E-state index contributed by atoms with van der Waals surface area (Å²) in [5.41, 5.74) is -0.858. The van der Waals surface area contributed by atoms with Crippen LogP contribution in [0.1, 0.15) is 32.8 Å². The smallest absolute Gasteiger partial charge is 0.373 e. The Balaban J connectivity index is 2.67. The van der Waals surface area contributed by atoms with Crippen molar-refractivity contribution >= 4 is 11.6 Å². The van der Waals surface area contributed by atoms with Crippen LogP contribution in [-0.4, -0.2) is 18.5 Å². The third-order valence-corrected chi connectivity index (χ3v) is 3.02. The molecule has 21 heavy (non-hydrogen) atoms. The highest BCUT2D eigenvalue weighted by molar-refractivity contribution is 5.84. The molecule has 0 aliphatic heterocycles. The fourth-order valence-electron chi connectivity index (χ4n) is 1.79. The third-order valence-electron chi connectivity index (χ3n) is 3.02. The van der Waals surface area contributed by atoms with Gasteiger partial charge in [-0.05, 0) is 31.4 Å². The zero-order chi connectivity index (χ0) is 16.0. The van der Waals surface area contributed by atoms with Gasteiger partial charge in [0.2, 0.25) is 5.91 Å². The first-order valence-corrected chi connectivity index (χ1v) is 6.92. The van der Waals surface area contributed by atoms with Gasteiger partial charge in [-0.2, -0.15) is 13.2 Å². The fraction of sp³-hybridized carbons (Fsp3) is 0.533. The first-order chi connectivity index (χ1) is 9.71. The Morgan fingerprint density at radius 2 is 1.81 bits per heavy atom. The van der Waals surface area contributed by atoms with Gasteiger partial charge in [0.05, 0.1) is 5.56 Å². The molecule has 0 fully saturated rings. The molecule has 1 aromatic rings. The normalized spacial score (nSPS) is 13.1. The lowest BCUT2D eigenvalue weighted by Gasteiger charge is -2.19. The molecule has 2 N–H and O–H groups in total. The van der Waals surface area contributed by atoms with Crippen LogP contribution in [0.15, 0.2) is 24.3 Å². The minimum atomic E-state index is -4.45. The van der Waals surface area contributed by atoms with Gasteiger partial charge in [-0.15, -0.1) is 0 Å². The summed E-state index contributed by atoms with van der Waals surface area (Å²) in [4.78, 5) is 11.8. The molecule has 1 unspecified atom stereocenters. The topological polar surface area (TPSA) is 41.1 Å². The maximum atomic E-state index is 12.9. The van der Waals surface area contributed by atoms with Gasteiger partial charge >= 0.3 is 6.18 Å². The Hall–Kier alpha value is -1.72. The number of carbonyl (C=O) groups excluding carboxylic acids is 1. The largest absolute Gasteiger partial charge is 0.418 e. The molecule has 0 aliphatic rings. The number of anilines is 1. The van der Waals surface area contributed by atoms with E-state index in [2.05, 4.69) is 10.6 Å². The lowest BCUT2D eigenvalue weighted by atomic mass is 10.1. The number of hydrogen-bond acceptors (Lipinski definition) is 2. The summed E-state index contributed by atoms with van der Waals surface area (Å²) >= 11 is 0. The molecule has 0 spiro atoms. The van der Waals surface area contributed by atoms with Crippen LogP contribution in [0.3, 0.4) is 0 Å². The molecule has 0 saturated carbocycles. The highest BCUT2D eigenvalue weighted by atomic mass is 19.4. The van der Waals surface area contributed by atoms with Gasteiger partial charge in [0.25, 0.3) is 0 Å². The van der Waals surface area contributed by atoms with Gasteiger partial charge in [0.1, 0.15) is 6.04 Å². The second-order valence-corrected chi connectivity index (χ2v) is 5.38. The Morgan fingerprint density at radius 1 is 1.19 bits per heavy atom. The van der Waals surface area contributed by atoms with Crippen LogP contribution in [0.2, 0.25) is 0 Å². The summed E-state index contributed by atoms with van der Waals surface area (Å²) in [6.45, 7) is 6.13. The van der Waals surface area contributed by atoms with Gasteiger partial charge in [-0.1, -0.05) is 26.0 Å². The molecule has 6 heteroatoms. The van der Waals surface area contributed by atoms with Gasteiger partial charge in [-0.25, -0.2) is 0 Å². The number of alkyl halides is 3. The van der Waals surface area contributed by atoms with Crippen LogP contribution in [0.5, 0.6) is 0 Å². The highest BCUT2D eigenvalue weighted by Gasteiger charge is 2.33. The van der Waals surface area contributed by atoms with Crippen molar-refractivity contribution < 1.29 is 18.0 Å². The minimum Gasteiger partial charge on any atom is -0.373 e. The van der Waals surface area contributed by atoms with Crippen molar-refractivity contribution in [2.75, 3.05) is 11.9 Å². The van der Waals surface area contributed by atoms with E-state index in [4.69, 9.17) is 0 Å². The molecular formula is C15H21F3N2O. The molecule has 1 amide bonds. The zero-order valence-corrected chi connectivity index (χ0v) is 12.4. The van der Waals surface area contributed by atoms with Crippen LogP contribution in [0, 0.1) is 5.92 Å². The molecule has 1 rings (SSSR count). The second-order valence-electron chi connectivity index (χ2n) is 5.38. The summed E-state index contributed by atoms with van der Waals surface area (Å²) in [7, 11) is 0. The highest BCUT2D eigenvalue weighted by Crippen LogP contribution is 2.34. The molecular weight excluding hydrogens is 281 g/mol. The molecule has 0 radical (unpaired) electrons. The first-order valence-electron chi connectivity index (χ1n) is 6.92. The Kier molecular flexibility index (Phi) is 6.05. The van der Waals surface area contributed by atoms with E-state index in [0.717, 1.165) is 12.5 Å². The number of carbonyl (C=O) groups is 1. The van der Waals surface area contributed by atoms with Gasteiger partial charge in [0.15, 0.2) is 0 Å². The molecule has 0 saturated heterocycles. The Morgan fingerprint density at radius 3 is 2.38 bits per heavy atom. The predicted octanol–water partition coefficient (Wildman–Crippen LogP) is 3.67. The van der Waals surface area contributed by atoms with Crippen LogP contribution < -0.4 is 10.6 Å². The fourth-order valence-corrected chi connectivity index (χ4v) is 1.79. The van der Waals surface area contributed by atoms with Crippen molar-refractivity contribution in [3.63, 3.8) is 0 Å². The minimum absolute atomic E-state index is 0.0866. The van der Waals surface area contributed by atoms with E-state index < -0.39 is 17.8 Å². The first kappa shape index (κ1) is 17.3. The third kappa shape index (κ3) is 5.65. The van der Waals surface area contributed by atoms with Crippen molar-refractivity contribution in [1.29, 1.82) is 0 Å². The van der Waals surface area contributed by atoms with Crippen molar-refractivity contribution in [3.8, 4) is 0 Å². The van der Waals surface area contributed by atoms with Gasteiger partial charge in [-0.3, -0.25) is 4.79 Å². The maximum Gasteiger partial charge on any atom is 0.418 e. The van der Waals surface area contributed by atoms with Crippen LogP contribution in [0.25, 0.3) is 0 Å². The maximum absolute atomic E-state index is 12.9. The lowest BCUT2D eigenvalue weighted by Crippen LogP contribution is -2.38. The number of halogens is 3. The summed E-state index contributed by atoms with van der Waals surface area (Å²) < 4.78 is 38.6. The van der Waals surface area contributed by atoms with Crippen molar-refractivity contribution in [2.24, 2.45) is 5.92 Å². The average Bonchev–Trinajstić information content (AvgIpc) is 2.37. The molecule has 118 valence electrons. The van der Waals surface area contributed by atoms with E-state index in [0.29, 0.717) is 12.5 Å². The van der Waals surface area contributed by atoms with Crippen molar-refractivity contribution in [3.05, 3.63) is 29.8 Å². The van der Waals surface area contributed by atoms with E-state index in [1.807, 2.05) is 13.8 Å². The average molecular weight is 302 g/mol. The monoisotopic (exact) mass is 302 g/mol. The summed E-state index contributed by atoms with van der Waals surface area (Å²) in [5, 5.41) is 5.33. The van der Waals surface area contributed by atoms with E-state index in [9.17, 15) is 18.0 Å². The molecule has 1 atom stereocenters. The lowest BCUT2D eigenvalue weighted by molar-refractivity contribution is -0.137. The summed E-state index contributed by atoms with van der Waals surface area (Å²) in [6, 6.07) is 4.40. The zero-order valence-electron chi connectivity index (χ0n) is 12.4. The Labute approximate surface area is 122 Å². The molecule has 0 bridgehead atoms. The number of nitrogens with one attached hydrogen (secondary N) is 2. The molecule has 0 aromatic heterocycles. The summed E-state index contributed by atoms with van der Waals surface area (Å²) in [5.74, 6) is 0.146. The molecule has 1 aromatic carbocycles. The van der Waals surface area contributed by atoms with E-state index in [1.54, 1.807) is 0 Å². The number of para-hydroxylation sites is 1. The Bertz CT molecular complexity index is 472. The number of rotatable bonds is 6. The molecule has 3 nitrogen and oxygen atoms in total. The van der Waals surface area contributed by atoms with E-state index >= 15 is 0 Å². The molecule has 0 heterocycles. The summed E-state index contributed by atoms with van der Waals surface area (Å²) in [6.07, 6.45) is -3.62. The molecule has 0 aliphatic carbocycles. The van der Waals surface area contributed by atoms with E-state index in [1.165, 1.54) is 25.1 Å². The van der Waals surface area contributed by atoms with Gasteiger partial charge in [0, 0.05) is 12.2 Å². The van der Waals surface area contributed by atoms with Crippen LogP contribution in [0.4, 0.5) is 18.9 Å². The predicted molar refractivity (Wildman–Crippen MR) is 77.0 cm³/mol. The number of benzene rings is 1. The number of hydrogen-bond donors (Lipinski definition) is 2. The van der Waals surface area contributed by atoms with Crippen LogP contribution in [-0.2, 0) is 11.0 Å². The van der Waals surface area contributed by atoms with Crippen LogP contribution >= 0.6 is 0 Å². The van der Waals surface area contributed by atoms with Crippen molar-refractivity contribution in [2.45, 2.75) is 39.4 Å². The SMILES string of the molecule is CC(C)CCNC(=O)C(C)Nc1ccccc1C(F)(F)F.